The third-order valence-electron chi connectivity index (χ3n) is 7.71. The van der Waals surface area contributed by atoms with Crippen LogP contribution in [0.3, 0.4) is 0 Å². The Balaban J connectivity index is 1.28. The summed E-state index contributed by atoms with van der Waals surface area (Å²) in [7, 11) is 1.64. The van der Waals surface area contributed by atoms with E-state index in [9.17, 15) is 14.9 Å². The normalized spacial score (nSPS) is 13.2. The van der Waals surface area contributed by atoms with Crippen molar-refractivity contribution in [1.82, 2.24) is 24.4 Å². The number of piperazine rings is 1. The SMILES string of the molecule is COc1ccccc1CNc1nc(N2CCN(C(=O)c3cccc(C)c3)CC2)nc2c1ncn2Cc1ccc([N+](=O)[O-])cc1. The Hall–Kier alpha value is -5.52. The van der Waals surface area contributed by atoms with Crippen molar-refractivity contribution in [3.05, 3.63) is 111 Å². The van der Waals surface area contributed by atoms with Crippen molar-refractivity contribution in [2.24, 2.45) is 0 Å². The largest absolute Gasteiger partial charge is 0.496 e. The van der Waals surface area contributed by atoms with Crippen molar-refractivity contribution in [3.8, 4) is 5.75 Å². The van der Waals surface area contributed by atoms with E-state index in [1.54, 1.807) is 25.6 Å². The van der Waals surface area contributed by atoms with Crippen LogP contribution in [0.25, 0.3) is 11.2 Å². The van der Waals surface area contributed by atoms with Gasteiger partial charge >= 0.3 is 0 Å². The standard InChI is InChI=1S/C32H32N8O4/c1-22-6-5-8-24(18-22)31(41)37-14-16-38(17-15-37)32-35-29(33-19-25-7-3-4-9-27(25)44-2)28-30(36-32)39(21-34-28)20-23-10-12-26(13-11-23)40(42)43/h3-13,18,21H,14-17,19-20H2,1-2H3,(H,33,35,36). The molecule has 3 aromatic carbocycles. The number of nitrogens with zero attached hydrogens (tertiary/aromatic N) is 7. The zero-order valence-corrected chi connectivity index (χ0v) is 24.5. The first-order valence-corrected chi connectivity index (χ1v) is 14.3. The fourth-order valence-corrected chi connectivity index (χ4v) is 5.33. The van der Waals surface area contributed by atoms with Gasteiger partial charge in [-0.25, -0.2) is 4.98 Å². The molecule has 12 heteroatoms. The number of nitro groups is 1. The van der Waals surface area contributed by atoms with Crippen molar-refractivity contribution < 1.29 is 14.5 Å². The number of amides is 1. The lowest BCUT2D eigenvalue weighted by Crippen LogP contribution is -2.49. The summed E-state index contributed by atoms with van der Waals surface area (Å²) >= 11 is 0. The molecule has 6 rings (SSSR count). The first-order chi connectivity index (χ1) is 21.4. The number of fused-ring (bicyclic) bond motifs is 1. The Labute approximate surface area is 254 Å². The molecule has 1 aliphatic rings. The number of imidazole rings is 1. The minimum Gasteiger partial charge on any atom is -0.496 e. The van der Waals surface area contributed by atoms with Crippen molar-refractivity contribution in [1.29, 1.82) is 0 Å². The van der Waals surface area contributed by atoms with Crippen molar-refractivity contribution >= 4 is 34.5 Å². The van der Waals surface area contributed by atoms with E-state index in [-0.39, 0.29) is 11.6 Å². The second-order valence-corrected chi connectivity index (χ2v) is 10.7. The molecule has 12 nitrogen and oxygen atoms in total. The Morgan fingerprint density at radius 3 is 2.50 bits per heavy atom. The number of non-ortho nitro benzene ring substituents is 1. The first-order valence-electron chi connectivity index (χ1n) is 14.3. The number of aromatic nitrogens is 4. The van der Waals surface area contributed by atoms with Crippen LogP contribution in [0.15, 0.2) is 79.1 Å². The Kier molecular flexibility index (Phi) is 8.04. The van der Waals surface area contributed by atoms with Gasteiger partial charge in [0, 0.05) is 56.0 Å². The summed E-state index contributed by atoms with van der Waals surface area (Å²) in [6.07, 6.45) is 1.71. The number of hydrogen-bond donors (Lipinski definition) is 1. The number of para-hydroxylation sites is 1. The van der Waals surface area contributed by atoms with E-state index < -0.39 is 4.92 Å². The number of aryl methyl sites for hydroxylation is 1. The van der Waals surface area contributed by atoms with Gasteiger partial charge in [0.25, 0.3) is 11.6 Å². The first kappa shape index (κ1) is 28.6. The Morgan fingerprint density at radius 2 is 1.77 bits per heavy atom. The van der Waals surface area contributed by atoms with Gasteiger partial charge < -0.3 is 24.4 Å². The van der Waals surface area contributed by atoms with Gasteiger partial charge in [-0.05, 0) is 30.7 Å². The van der Waals surface area contributed by atoms with Crippen LogP contribution in [0.4, 0.5) is 17.5 Å². The highest BCUT2D eigenvalue weighted by atomic mass is 16.6. The molecule has 224 valence electrons. The van der Waals surface area contributed by atoms with E-state index in [0.717, 1.165) is 22.4 Å². The van der Waals surface area contributed by atoms with Gasteiger partial charge in [-0.1, -0.05) is 48.0 Å². The molecule has 0 atom stereocenters. The van der Waals surface area contributed by atoms with E-state index in [2.05, 4.69) is 15.2 Å². The molecular formula is C32H32N8O4. The molecular weight excluding hydrogens is 560 g/mol. The van der Waals surface area contributed by atoms with Crippen LogP contribution in [0.5, 0.6) is 5.75 Å². The number of carbonyl (C=O) groups is 1. The molecule has 1 amide bonds. The summed E-state index contributed by atoms with van der Waals surface area (Å²) in [6, 6.07) is 21.9. The van der Waals surface area contributed by atoms with Crippen LogP contribution in [0.2, 0.25) is 0 Å². The number of nitrogens with one attached hydrogen (secondary N) is 1. The molecule has 0 saturated carbocycles. The minimum atomic E-state index is -0.413. The molecule has 2 aromatic heterocycles. The summed E-state index contributed by atoms with van der Waals surface area (Å²) in [5.41, 5.74) is 4.87. The van der Waals surface area contributed by atoms with E-state index in [1.807, 2.05) is 64.9 Å². The van der Waals surface area contributed by atoms with E-state index >= 15 is 0 Å². The second kappa shape index (κ2) is 12.4. The predicted molar refractivity (Wildman–Crippen MR) is 167 cm³/mol. The quantitative estimate of drug-likeness (QED) is 0.192. The van der Waals surface area contributed by atoms with Gasteiger partial charge in [-0.2, -0.15) is 9.97 Å². The lowest BCUT2D eigenvalue weighted by Gasteiger charge is -2.35. The lowest BCUT2D eigenvalue weighted by molar-refractivity contribution is -0.384. The number of carbonyl (C=O) groups excluding carboxylic acids is 1. The highest BCUT2D eigenvalue weighted by Crippen LogP contribution is 2.26. The van der Waals surface area contributed by atoms with E-state index in [1.165, 1.54) is 12.1 Å². The number of ether oxygens (including phenoxy) is 1. The van der Waals surface area contributed by atoms with Crippen LogP contribution in [0.1, 0.15) is 27.0 Å². The molecule has 1 fully saturated rings. The molecule has 5 aromatic rings. The molecule has 1 N–H and O–H groups in total. The molecule has 0 aliphatic carbocycles. The minimum absolute atomic E-state index is 0.0186. The predicted octanol–water partition coefficient (Wildman–Crippen LogP) is 4.67. The maximum Gasteiger partial charge on any atom is 0.269 e. The van der Waals surface area contributed by atoms with Crippen LogP contribution in [0, 0.1) is 17.0 Å². The number of benzene rings is 3. The average Bonchev–Trinajstić information content (AvgIpc) is 3.46. The van der Waals surface area contributed by atoms with Gasteiger partial charge in [0.05, 0.1) is 24.9 Å². The van der Waals surface area contributed by atoms with Gasteiger partial charge in [-0.15, -0.1) is 0 Å². The molecule has 1 saturated heterocycles. The zero-order chi connectivity index (χ0) is 30.6. The van der Waals surface area contributed by atoms with Gasteiger partial charge in [0.15, 0.2) is 17.0 Å². The van der Waals surface area contributed by atoms with Crippen molar-refractivity contribution in [3.63, 3.8) is 0 Å². The van der Waals surface area contributed by atoms with Crippen LogP contribution >= 0.6 is 0 Å². The summed E-state index contributed by atoms with van der Waals surface area (Å²) in [4.78, 5) is 42.3. The highest BCUT2D eigenvalue weighted by molar-refractivity contribution is 5.94. The lowest BCUT2D eigenvalue weighted by atomic mass is 10.1. The van der Waals surface area contributed by atoms with Crippen molar-refractivity contribution in [2.45, 2.75) is 20.0 Å². The molecule has 1 aliphatic heterocycles. The molecule has 44 heavy (non-hydrogen) atoms. The number of hydrogen-bond acceptors (Lipinski definition) is 9. The third kappa shape index (κ3) is 6.00. The maximum atomic E-state index is 13.1. The molecule has 3 heterocycles. The third-order valence-corrected chi connectivity index (χ3v) is 7.71. The summed E-state index contributed by atoms with van der Waals surface area (Å²) < 4.78 is 7.44. The van der Waals surface area contributed by atoms with Gasteiger partial charge in [0.1, 0.15) is 5.75 Å². The topological polar surface area (TPSA) is 132 Å². The summed E-state index contributed by atoms with van der Waals surface area (Å²) in [5, 5.41) is 14.5. The Bertz CT molecular complexity index is 1810. The number of nitro benzene ring substituents is 1. The number of anilines is 2. The molecule has 0 bridgehead atoms. The smallest absolute Gasteiger partial charge is 0.269 e. The fraction of sp³-hybridized carbons (Fsp3) is 0.250. The Morgan fingerprint density at radius 1 is 1.00 bits per heavy atom. The molecule has 0 radical (unpaired) electrons. The van der Waals surface area contributed by atoms with E-state index in [4.69, 9.17) is 14.7 Å². The maximum absolute atomic E-state index is 13.1. The van der Waals surface area contributed by atoms with Crippen LogP contribution in [-0.4, -0.2) is 68.5 Å². The van der Waals surface area contributed by atoms with Gasteiger partial charge in [-0.3, -0.25) is 14.9 Å². The second-order valence-electron chi connectivity index (χ2n) is 10.7. The van der Waals surface area contributed by atoms with Crippen LogP contribution in [-0.2, 0) is 13.1 Å². The number of methoxy groups -OCH3 is 1. The highest BCUT2D eigenvalue weighted by Gasteiger charge is 2.25. The van der Waals surface area contributed by atoms with E-state index in [0.29, 0.717) is 67.8 Å². The fourth-order valence-electron chi connectivity index (χ4n) is 5.33. The monoisotopic (exact) mass is 592 g/mol. The van der Waals surface area contributed by atoms with Crippen LogP contribution < -0.4 is 15.0 Å². The molecule has 0 unspecified atom stereocenters. The number of rotatable bonds is 9. The zero-order valence-electron chi connectivity index (χ0n) is 24.5. The summed E-state index contributed by atoms with van der Waals surface area (Å²) in [6.45, 7) is 5.10. The average molecular weight is 593 g/mol. The van der Waals surface area contributed by atoms with Crippen molar-refractivity contribution in [2.75, 3.05) is 43.5 Å². The van der Waals surface area contributed by atoms with Gasteiger partial charge in [0.2, 0.25) is 5.95 Å². The molecule has 0 spiro atoms. The summed E-state index contributed by atoms with van der Waals surface area (Å²) in [5.74, 6) is 1.90.